The normalized spacial score (nSPS) is 10.2. The highest BCUT2D eigenvalue weighted by Gasteiger charge is 2.05. The number of hydrogen-bond acceptors (Lipinski definition) is 2. The van der Waals surface area contributed by atoms with Crippen LogP contribution in [-0.4, -0.2) is 5.12 Å². The molecule has 1 nitrogen and oxygen atoms in total. The second-order valence-corrected chi connectivity index (χ2v) is 4.52. The van der Waals surface area contributed by atoms with Crippen LogP contribution in [0.1, 0.15) is 15.9 Å². The zero-order valence-corrected chi connectivity index (χ0v) is 9.91. The van der Waals surface area contributed by atoms with Crippen molar-refractivity contribution in [3.8, 4) is 0 Å². The standard InChI is InChI=1S/C14H11FOS/c15-13-8-6-11(7-9-13)10-17-14(16)12-4-2-1-3-5-12/h1-9H,10H2. The zero-order chi connectivity index (χ0) is 12.1. The first-order valence-corrected chi connectivity index (χ1v) is 6.21. The summed E-state index contributed by atoms with van der Waals surface area (Å²) in [6.07, 6.45) is 0. The molecule has 86 valence electrons. The topological polar surface area (TPSA) is 17.1 Å². The highest BCUT2D eigenvalue weighted by Crippen LogP contribution is 2.18. The summed E-state index contributed by atoms with van der Waals surface area (Å²) in [7, 11) is 0. The van der Waals surface area contributed by atoms with Crippen LogP contribution in [0.2, 0.25) is 0 Å². The summed E-state index contributed by atoms with van der Waals surface area (Å²) >= 11 is 1.23. The minimum absolute atomic E-state index is 0.0370. The predicted molar refractivity (Wildman–Crippen MR) is 68.5 cm³/mol. The third-order valence-corrected chi connectivity index (χ3v) is 3.27. The van der Waals surface area contributed by atoms with Gasteiger partial charge in [-0.1, -0.05) is 54.2 Å². The largest absolute Gasteiger partial charge is 0.282 e. The first-order valence-electron chi connectivity index (χ1n) is 5.22. The van der Waals surface area contributed by atoms with E-state index in [9.17, 15) is 9.18 Å². The van der Waals surface area contributed by atoms with E-state index in [1.54, 1.807) is 24.3 Å². The van der Waals surface area contributed by atoms with E-state index in [4.69, 9.17) is 0 Å². The molecule has 0 heterocycles. The molecule has 0 aliphatic carbocycles. The number of carbonyl (C=O) groups is 1. The summed E-state index contributed by atoms with van der Waals surface area (Å²) in [6.45, 7) is 0. The van der Waals surface area contributed by atoms with Gasteiger partial charge in [-0.3, -0.25) is 4.79 Å². The second kappa shape index (κ2) is 5.64. The molecule has 0 fully saturated rings. The highest BCUT2D eigenvalue weighted by atomic mass is 32.2. The Kier molecular flexibility index (Phi) is 3.94. The van der Waals surface area contributed by atoms with Gasteiger partial charge >= 0.3 is 0 Å². The molecule has 0 aliphatic heterocycles. The fourth-order valence-electron chi connectivity index (χ4n) is 1.39. The molecule has 0 bridgehead atoms. The maximum absolute atomic E-state index is 12.7. The molecule has 0 spiro atoms. The molecule has 0 saturated carbocycles. The maximum atomic E-state index is 12.7. The van der Waals surface area contributed by atoms with Crippen LogP contribution >= 0.6 is 11.8 Å². The molecule has 2 aromatic carbocycles. The molecule has 17 heavy (non-hydrogen) atoms. The Morgan fingerprint density at radius 3 is 2.29 bits per heavy atom. The van der Waals surface area contributed by atoms with Crippen molar-refractivity contribution in [3.63, 3.8) is 0 Å². The van der Waals surface area contributed by atoms with Gasteiger partial charge in [0, 0.05) is 11.3 Å². The number of halogens is 1. The zero-order valence-electron chi connectivity index (χ0n) is 9.10. The van der Waals surface area contributed by atoms with Gasteiger partial charge in [-0.15, -0.1) is 0 Å². The SMILES string of the molecule is O=C(SCc1ccc(F)cc1)c1ccccc1. The van der Waals surface area contributed by atoms with E-state index in [2.05, 4.69) is 0 Å². The first kappa shape index (κ1) is 11.9. The molecule has 0 saturated heterocycles. The minimum Gasteiger partial charge on any atom is -0.282 e. The monoisotopic (exact) mass is 246 g/mol. The quantitative estimate of drug-likeness (QED) is 0.817. The summed E-state index contributed by atoms with van der Waals surface area (Å²) in [5.74, 6) is 0.307. The molecule has 0 radical (unpaired) electrons. The van der Waals surface area contributed by atoms with Crippen molar-refractivity contribution in [2.24, 2.45) is 0 Å². The minimum atomic E-state index is -0.256. The van der Waals surface area contributed by atoms with Crippen LogP contribution in [0.4, 0.5) is 4.39 Å². The van der Waals surface area contributed by atoms with Gasteiger partial charge in [0.15, 0.2) is 0 Å². The van der Waals surface area contributed by atoms with Crippen molar-refractivity contribution in [1.29, 1.82) is 0 Å². The van der Waals surface area contributed by atoms with Crippen LogP contribution in [-0.2, 0) is 5.75 Å². The van der Waals surface area contributed by atoms with E-state index in [0.29, 0.717) is 11.3 Å². The first-order chi connectivity index (χ1) is 8.25. The molecule has 0 N–H and O–H groups in total. The van der Waals surface area contributed by atoms with Gasteiger partial charge < -0.3 is 0 Å². The van der Waals surface area contributed by atoms with Crippen LogP contribution < -0.4 is 0 Å². The van der Waals surface area contributed by atoms with E-state index >= 15 is 0 Å². The fraction of sp³-hybridized carbons (Fsp3) is 0.0714. The Morgan fingerprint density at radius 2 is 1.65 bits per heavy atom. The number of thioether (sulfide) groups is 1. The van der Waals surface area contributed by atoms with Crippen molar-refractivity contribution in [2.45, 2.75) is 5.75 Å². The van der Waals surface area contributed by atoms with Crippen LogP contribution in [0.15, 0.2) is 54.6 Å². The summed E-state index contributed by atoms with van der Waals surface area (Å²) < 4.78 is 12.7. The molecule has 0 unspecified atom stereocenters. The van der Waals surface area contributed by atoms with E-state index in [0.717, 1.165) is 5.56 Å². The average Bonchev–Trinajstić information content (AvgIpc) is 2.39. The number of rotatable bonds is 3. The highest BCUT2D eigenvalue weighted by molar-refractivity contribution is 8.13. The van der Waals surface area contributed by atoms with Gasteiger partial charge in [0.2, 0.25) is 5.12 Å². The van der Waals surface area contributed by atoms with Crippen LogP contribution in [0, 0.1) is 5.82 Å². The maximum Gasteiger partial charge on any atom is 0.219 e. The van der Waals surface area contributed by atoms with Crippen molar-refractivity contribution >= 4 is 16.9 Å². The molecule has 0 aromatic heterocycles. The molecule has 2 rings (SSSR count). The van der Waals surface area contributed by atoms with E-state index < -0.39 is 0 Å². The smallest absolute Gasteiger partial charge is 0.219 e. The fourth-order valence-corrected chi connectivity index (χ4v) is 2.18. The molecule has 2 aromatic rings. The van der Waals surface area contributed by atoms with Crippen molar-refractivity contribution in [3.05, 3.63) is 71.5 Å². The van der Waals surface area contributed by atoms with Crippen molar-refractivity contribution in [1.82, 2.24) is 0 Å². The molecule has 3 heteroatoms. The average molecular weight is 246 g/mol. The van der Waals surface area contributed by atoms with Crippen LogP contribution in [0.3, 0.4) is 0 Å². The Hall–Kier alpha value is -1.61. The van der Waals surface area contributed by atoms with Gasteiger partial charge in [-0.05, 0) is 17.7 Å². The molecule has 0 aliphatic rings. The van der Waals surface area contributed by atoms with Crippen molar-refractivity contribution < 1.29 is 9.18 Å². The van der Waals surface area contributed by atoms with Gasteiger partial charge in [0.25, 0.3) is 0 Å². The summed E-state index contributed by atoms with van der Waals surface area (Å²) in [5, 5.41) is 0.0370. The summed E-state index contributed by atoms with van der Waals surface area (Å²) in [4.78, 5) is 11.8. The lowest BCUT2D eigenvalue weighted by Gasteiger charge is -2.01. The number of carbonyl (C=O) groups excluding carboxylic acids is 1. The van der Waals surface area contributed by atoms with E-state index in [1.165, 1.54) is 23.9 Å². The predicted octanol–water partition coefficient (Wildman–Crippen LogP) is 3.90. The van der Waals surface area contributed by atoms with E-state index in [-0.39, 0.29) is 10.9 Å². The van der Waals surface area contributed by atoms with Gasteiger partial charge in [-0.2, -0.15) is 0 Å². The Bertz CT molecular complexity index is 493. The lowest BCUT2D eigenvalue weighted by molar-refractivity contribution is 0.108. The molecular formula is C14H11FOS. The van der Waals surface area contributed by atoms with Gasteiger partial charge in [0.1, 0.15) is 5.82 Å². The Balaban J connectivity index is 1.95. The van der Waals surface area contributed by atoms with Crippen molar-refractivity contribution in [2.75, 3.05) is 0 Å². The molecular weight excluding hydrogens is 235 g/mol. The van der Waals surface area contributed by atoms with Gasteiger partial charge in [0.05, 0.1) is 0 Å². The molecule has 0 amide bonds. The number of hydrogen-bond donors (Lipinski definition) is 0. The summed E-state index contributed by atoms with van der Waals surface area (Å²) in [6, 6.07) is 15.3. The van der Waals surface area contributed by atoms with E-state index in [1.807, 2.05) is 18.2 Å². The molecule has 0 atom stereocenters. The second-order valence-electron chi connectivity index (χ2n) is 3.57. The Labute approximate surface area is 104 Å². The third kappa shape index (κ3) is 3.43. The van der Waals surface area contributed by atoms with Crippen LogP contribution in [0.5, 0.6) is 0 Å². The Morgan fingerprint density at radius 1 is 1.00 bits per heavy atom. The third-order valence-electron chi connectivity index (χ3n) is 2.29. The number of benzene rings is 2. The lowest BCUT2D eigenvalue weighted by Crippen LogP contribution is -1.93. The van der Waals surface area contributed by atoms with Crippen LogP contribution in [0.25, 0.3) is 0 Å². The van der Waals surface area contributed by atoms with Gasteiger partial charge in [-0.25, -0.2) is 4.39 Å². The summed E-state index contributed by atoms with van der Waals surface area (Å²) in [5.41, 5.74) is 1.64. The lowest BCUT2D eigenvalue weighted by atomic mass is 10.2.